The fourth-order valence-corrected chi connectivity index (χ4v) is 2.58. The Labute approximate surface area is 90.2 Å². The Balaban J connectivity index is 3.24. The topological polar surface area (TPSA) is 66.5 Å². The van der Waals surface area contributed by atoms with Crippen LogP contribution in [0.3, 0.4) is 0 Å². The second-order valence-corrected chi connectivity index (χ2v) is 5.64. The standard InChI is InChI=1S/C9H16N2O3S/c1-6(2)8-5-15(13,14)10-9(12)11(8)7(3)4/h5-7H,1-4H3,(H,10,12). The summed E-state index contributed by atoms with van der Waals surface area (Å²) in [5, 5.41) is 1.12. The minimum atomic E-state index is -3.60. The first-order valence-corrected chi connectivity index (χ1v) is 6.37. The van der Waals surface area contributed by atoms with Gasteiger partial charge < -0.3 is 0 Å². The van der Waals surface area contributed by atoms with Gasteiger partial charge in [-0.05, 0) is 19.8 Å². The molecule has 1 aliphatic heterocycles. The van der Waals surface area contributed by atoms with Gasteiger partial charge in [-0.2, -0.15) is 0 Å². The van der Waals surface area contributed by atoms with Crippen molar-refractivity contribution in [2.24, 2.45) is 5.92 Å². The van der Waals surface area contributed by atoms with Gasteiger partial charge in [-0.25, -0.2) is 17.9 Å². The molecule has 0 aromatic heterocycles. The third-order valence-electron chi connectivity index (χ3n) is 2.11. The summed E-state index contributed by atoms with van der Waals surface area (Å²) < 4.78 is 24.6. The third-order valence-corrected chi connectivity index (χ3v) is 3.12. The minimum absolute atomic E-state index is 0.00627. The summed E-state index contributed by atoms with van der Waals surface area (Å²) in [6.45, 7) is 7.39. The molecule has 0 saturated carbocycles. The van der Waals surface area contributed by atoms with Crippen LogP contribution in [0.25, 0.3) is 0 Å². The predicted octanol–water partition coefficient (Wildman–Crippen LogP) is 1.25. The molecule has 6 heteroatoms. The van der Waals surface area contributed by atoms with E-state index in [-0.39, 0.29) is 12.0 Å². The van der Waals surface area contributed by atoms with Crippen LogP contribution >= 0.6 is 0 Å². The van der Waals surface area contributed by atoms with Crippen LogP contribution in [0.2, 0.25) is 0 Å². The number of hydrogen-bond acceptors (Lipinski definition) is 3. The van der Waals surface area contributed by atoms with Gasteiger partial charge in [-0.1, -0.05) is 13.8 Å². The molecule has 86 valence electrons. The van der Waals surface area contributed by atoms with Crippen molar-refractivity contribution in [2.45, 2.75) is 33.7 Å². The van der Waals surface area contributed by atoms with E-state index in [9.17, 15) is 13.2 Å². The number of nitrogens with zero attached hydrogens (tertiary/aromatic N) is 1. The Morgan fingerprint density at radius 3 is 2.20 bits per heavy atom. The predicted molar refractivity (Wildman–Crippen MR) is 57.3 cm³/mol. The number of nitrogens with one attached hydrogen (secondary N) is 1. The normalized spacial score (nSPS) is 20.5. The van der Waals surface area contributed by atoms with Crippen LogP contribution in [-0.2, 0) is 10.0 Å². The van der Waals surface area contributed by atoms with Crippen LogP contribution in [0.4, 0.5) is 4.79 Å². The van der Waals surface area contributed by atoms with E-state index in [0.29, 0.717) is 5.70 Å². The smallest absolute Gasteiger partial charge is 0.294 e. The summed E-state index contributed by atoms with van der Waals surface area (Å²) in [5.74, 6) is -0.00627. The molecule has 0 atom stereocenters. The van der Waals surface area contributed by atoms with Crippen molar-refractivity contribution in [3.63, 3.8) is 0 Å². The maximum absolute atomic E-state index is 11.6. The molecule has 0 radical (unpaired) electrons. The first-order valence-electron chi connectivity index (χ1n) is 4.82. The van der Waals surface area contributed by atoms with Gasteiger partial charge in [0.1, 0.15) is 0 Å². The van der Waals surface area contributed by atoms with Crippen LogP contribution in [0.15, 0.2) is 11.1 Å². The average molecular weight is 232 g/mol. The summed E-state index contributed by atoms with van der Waals surface area (Å²) in [7, 11) is -3.60. The van der Waals surface area contributed by atoms with Gasteiger partial charge in [-0.15, -0.1) is 0 Å². The van der Waals surface area contributed by atoms with Crippen molar-refractivity contribution in [3.05, 3.63) is 11.1 Å². The Kier molecular flexibility index (Phi) is 3.08. The molecule has 5 nitrogen and oxygen atoms in total. The molecule has 0 aromatic carbocycles. The zero-order chi connectivity index (χ0) is 11.8. The van der Waals surface area contributed by atoms with Crippen molar-refractivity contribution in [1.29, 1.82) is 0 Å². The molecule has 2 amide bonds. The van der Waals surface area contributed by atoms with Crippen molar-refractivity contribution < 1.29 is 13.2 Å². The average Bonchev–Trinajstić information content (AvgIpc) is 1.99. The van der Waals surface area contributed by atoms with Crippen molar-refractivity contribution in [3.8, 4) is 0 Å². The summed E-state index contributed by atoms with van der Waals surface area (Å²) >= 11 is 0. The highest BCUT2D eigenvalue weighted by molar-refractivity contribution is 7.93. The Bertz CT molecular complexity index is 396. The fourth-order valence-electron chi connectivity index (χ4n) is 1.48. The van der Waals surface area contributed by atoms with E-state index in [1.54, 1.807) is 0 Å². The highest BCUT2D eigenvalue weighted by Crippen LogP contribution is 2.22. The van der Waals surface area contributed by atoms with E-state index in [1.807, 2.05) is 32.4 Å². The van der Waals surface area contributed by atoms with Crippen LogP contribution < -0.4 is 4.72 Å². The van der Waals surface area contributed by atoms with E-state index in [4.69, 9.17) is 0 Å². The number of urea groups is 1. The lowest BCUT2D eigenvalue weighted by molar-refractivity contribution is 0.199. The van der Waals surface area contributed by atoms with Gasteiger partial charge in [0, 0.05) is 11.7 Å². The molecule has 0 spiro atoms. The Hall–Kier alpha value is -1.04. The molecule has 1 rings (SSSR count). The molecule has 15 heavy (non-hydrogen) atoms. The maximum atomic E-state index is 11.6. The zero-order valence-electron chi connectivity index (χ0n) is 9.31. The number of carbonyl (C=O) groups excluding carboxylic acids is 1. The molecule has 0 fully saturated rings. The van der Waals surface area contributed by atoms with E-state index >= 15 is 0 Å². The lowest BCUT2D eigenvalue weighted by Crippen LogP contribution is -2.49. The summed E-state index contributed by atoms with van der Waals surface area (Å²) in [4.78, 5) is 13.0. The number of rotatable bonds is 2. The van der Waals surface area contributed by atoms with Crippen molar-refractivity contribution in [1.82, 2.24) is 9.62 Å². The maximum Gasteiger partial charge on any atom is 0.335 e. The molecular weight excluding hydrogens is 216 g/mol. The zero-order valence-corrected chi connectivity index (χ0v) is 10.1. The molecule has 0 unspecified atom stereocenters. The molecule has 1 heterocycles. The summed E-state index contributed by atoms with van der Waals surface area (Å²) in [6, 6.07) is -0.634. The van der Waals surface area contributed by atoms with Crippen LogP contribution in [0.1, 0.15) is 27.7 Å². The second kappa shape index (κ2) is 3.84. The fraction of sp³-hybridized carbons (Fsp3) is 0.667. The highest BCUT2D eigenvalue weighted by Gasteiger charge is 2.31. The summed E-state index contributed by atoms with van der Waals surface area (Å²) in [5.41, 5.74) is 0.536. The van der Waals surface area contributed by atoms with Crippen molar-refractivity contribution in [2.75, 3.05) is 0 Å². The molecular formula is C9H16N2O3S. The quantitative estimate of drug-likeness (QED) is 0.779. The van der Waals surface area contributed by atoms with E-state index in [1.165, 1.54) is 4.90 Å². The lowest BCUT2D eigenvalue weighted by Gasteiger charge is -2.33. The number of sulfonamides is 1. The number of allylic oxidation sites excluding steroid dienone is 1. The molecule has 1 N–H and O–H groups in total. The first-order chi connectivity index (χ1) is 6.74. The first kappa shape index (κ1) is 12.0. The lowest BCUT2D eigenvalue weighted by atomic mass is 10.1. The second-order valence-electron chi connectivity index (χ2n) is 4.11. The van der Waals surface area contributed by atoms with Gasteiger partial charge in [0.25, 0.3) is 10.0 Å². The molecule has 0 saturated heterocycles. The molecule has 0 aromatic rings. The van der Waals surface area contributed by atoms with Crippen molar-refractivity contribution >= 4 is 16.1 Å². The minimum Gasteiger partial charge on any atom is -0.294 e. The van der Waals surface area contributed by atoms with Gasteiger partial charge in [0.2, 0.25) is 0 Å². The third kappa shape index (κ3) is 2.50. The molecule has 0 aliphatic carbocycles. The van der Waals surface area contributed by atoms with Crippen LogP contribution in [0.5, 0.6) is 0 Å². The molecule has 1 aliphatic rings. The number of carbonyl (C=O) groups is 1. The van der Waals surface area contributed by atoms with Gasteiger partial charge in [0.05, 0.1) is 5.41 Å². The highest BCUT2D eigenvalue weighted by atomic mass is 32.2. The number of hydrogen-bond donors (Lipinski definition) is 1. The Morgan fingerprint density at radius 1 is 1.27 bits per heavy atom. The molecule has 0 bridgehead atoms. The largest absolute Gasteiger partial charge is 0.335 e. The van der Waals surface area contributed by atoms with Crippen LogP contribution in [0, 0.1) is 5.92 Å². The monoisotopic (exact) mass is 232 g/mol. The van der Waals surface area contributed by atoms with E-state index in [2.05, 4.69) is 0 Å². The van der Waals surface area contributed by atoms with E-state index in [0.717, 1.165) is 5.41 Å². The SMILES string of the molecule is CC(C)C1=CS(=O)(=O)NC(=O)N1C(C)C. The van der Waals surface area contributed by atoms with Crippen LogP contribution in [-0.4, -0.2) is 25.4 Å². The van der Waals surface area contributed by atoms with E-state index < -0.39 is 16.1 Å². The van der Waals surface area contributed by atoms with Gasteiger partial charge in [0.15, 0.2) is 0 Å². The number of amides is 2. The van der Waals surface area contributed by atoms with Gasteiger partial charge >= 0.3 is 6.03 Å². The van der Waals surface area contributed by atoms with Gasteiger partial charge in [-0.3, -0.25) is 4.90 Å². The summed E-state index contributed by atoms with van der Waals surface area (Å²) in [6.07, 6.45) is 0. The Morgan fingerprint density at radius 2 is 1.80 bits per heavy atom.